The summed E-state index contributed by atoms with van der Waals surface area (Å²) in [5.41, 5.74) is 0.428. The van der Waals surface area contributed by atoms with Crippen molar-refractivity contribution in [3.63, 3.8) is 0 Å². The van der Waals surface area contributed by atoms with Crippen LogP contribution in [0, 0.1) is 23.1 Å². The highest BCUT2D eigenvalue weighted by Gasteiger charge is 2.37. The first-order valence-electron chi connectivity index (χ1n) is 12.2. The number of aliphatic hydroxyl groups excluding tert-OH is 3. The first-order chi connectivity index (χ1) is 17.1. The van der Waals surface area contributed by atoms with Crippen LogP contribution >= 0.6 is 0 Å². The predicted octanol–water partition coefficient (Wildman–Crippen LogP) is 1.39. The van der Waals surface area contributed by atoms with Gasteiger partial charge in [-0.3, -0.25) is 9.59 Å². The molecule has 0 aromatic heterocycles. The van der Waals surface area contributed by atoms with E-state index in [9.17, 15) is 29.3 Å². The quantitative estimate of drug-likeness (QED) is 0.333. The first-order valence-corrected chi connectivity index (χ1v) is 12.2. The maximum Gasteiger partial charge on any atom is 0.252 e. The molecule has 0 saturated carbocycles. The van der Waals surface area contributed by atoms with Crippen LogP contribution in [-0.2, 0) is 20.9 Å². The fourth-order valence-corrected chi connectivity index (χ4v) is 3.95. The third-order valence-corrected chi connectivity index (χ3v) is 6.43. The largest absolute Gasteiger partial charge is 0.387 e. The number of nitrogens with zero attached hydrogens (tertiary/aromatic N) is 2. The van der Waals surface area contributed by atoms with Crippen molar-refractivity contribution < 1.29 is 34.0 Å². The highest BCUT2D eigenvalue weighted by molar-refractivity contribution is 5.89. The number of rotatable bonds is 11. The number of nitrogens with one attached hydrogen (secondary N) is 1. The Balaban J connectivity index is 2.07. The van der Waals surface area contributed by atoms with Crippen LogP contribution in [0.4, 0.5) is 4.39 Å². The Labute approximate surface area is 211 Å². The van der Waals surface area contributed by atoms with Crippen molar-refractivity contribution in [2.45, 2.75) is 76.5 Å². The lowest BCUT2D eigenvalue weighted by molar-refractivity contribution is -0.151. The molecule has 198 valence electrons. The monoisotopic (exact) mass is 505 g/mol. The Kier molecular flexibility index (Phi) is 11.5. The summed E-state index contributed by atoms with van der Waals surface area (Å²) in [6.45, 7) is 4.42. The molecule has 3 unspecified atom stereocenters. The van der Waals surface area contributed by atoms with Crippen LogP contribution in [0.1, 0.15) is 50.7 Å². The van der Waals surface area contributed by atoms with Gasteiger partial charge in [0.15, 0.2) is 6.10 Å². The zero-order chi connectivity index (χ0) is 26.8. The van der Waals surface area contributed by atoms with Gasteiger partial charge < -0.3 is 30.3 Å². The van der Waals surface area contributed by atoms with E-state index in [1.165, 1.54) is 30.2 Å². The number of hydrogen-bond donors (Lipinski definition) is 4. The number of halogens is 1. The zero-order valence-electron chi connectivity index (χ0n) is 20.9. The van der Waals surface area contributed by atoms with Gasteiger partial charge in [0, 0.05) is 20.2 Å². The topological polar surface area (TPSA) is 143 Å². The molecule has 0 bridgehead atoms. The molecule has 36 heavy (non-hydrogen) atoms. The van der Waals surface area contributed by atoms with E-state index in [1.54, 1.807) is 18.2 Å². The molecule has 0 aliphatic carbocycles. The average Bonchev–Trinajstić information content (AvgIpc) is 3.03. The third-order valence-electron chi connectivity index (χ3n) is 6.43. The Morgan fingerprint density at radius 3 is 2.64 bits per heavy atom. The number of carbonyl (C=O) groups excluding carboxylic acids is 2. The Morgan fingerprint density at radius 2 is 2.03 bits per heavy atom. The Bertz CT molecular complexity index is 965. The molecule has 1 saturated heterocycles. The van der Waals surface area contributed by atoms with Crippen LogP contribution in [0.3, 0.4) is 0 Å². The molecule has 2 rings (SSSR count). The summed E-state index contributed by atoms with van der Waals surface area (Å²) < 4.78 is 19.1. The normalized spacial score (nSPS) is 20.8. The molecule has 10 heteroatoms. The van der Waals surface area contributed by atoms with E-state index in [-0.39, 0.29) is 23.9 Å². The summed E-state index contributed by atoms with van der Waals surface area (Å²) in [7, 11) is 1.18. The molecular weight excluding hydrogens is 469 g/mol. The second-order valence-electron chi connectivity index (χ2n) is 9.14. The maximum absolute atomic E-state index is 14.0. The minimum atomic E-state index is -1.75. The summed E-state index contributed by atoms with van der Waals surface area (Å²) in [4.78, 5) is 27.6. The maximum atomic E-state index is 14.0. The molecule has 9 nitrogen and oxygen atoms in total. The number of aliphatic hydroxyl groups is 3. The van der Waals surface area contributed by atoms with E-state index < -0.39 is 42.2 Å². The first kappa shape index (κ1) is 29.4. The smallest absolute Gasteiger partial charge is 0.252 e. The fourth-order valence-electron chi connectivity index (χ4n) is 3.95. The molecule has 1 fully saturated rings. The van der Waals surface area contributed by atoms with E-state index in [2.05, 4.69) is 5.32 Å². The number of benzene rings is 1. The highest BCUT2D eigenvalue weighted by Crippen LogP contribution is 2.18. The Hall–Kier alpha value is -2.84. The van der Waals surface area contributed by atoms with Crippen molar-refractivity contribution in [1.82, 2.24) is 10.2 Å². The molecule has 6 atom stereocenters. The summed E-state index contributed by atoms with van der Waals surface area (Å²) >= 11 is 0. The van der Waals surface area contributed by atoms with Crippen molar-refractivity contribution in [2.75, 3.05) is 13.7 Å². The van der Waals surface area contributed by atoms with Crippen LogP contribution in [0.15, 0.2) is 30.4 Å². The number of methoxy groups -OCH3 is 1. The molecule has 4 N–H and O–H groups in total. The lowest BCUT2D eigenvalue weighted by atomic mass is 9.99. The number of allylic oxidation sites excluding steroid dienone is 1. The van der Waals surface area contributed by atoms with Crippen molar-refractivity contribution in [3.05, 3.63) is 47.3 Å². The van der Waals surface area contributed by atoms with E-state index in [0.717, 1.165) is 6.42 Å². The molecule has 0 radical (unpaired) electrons. The molecule has 1 aromatic rings. The number of nitriles is 1. The average molecular weight is 506 g/mol. The fraction of sp³-hybridized carbons (Fsp3) is 0.577. The lowest BCUT2D eigenvalue weighted by Gasteiger charge is -2.29. The van der Waals surface area contributed by atoms with Crippen molar-refractivity contribution in [3.8, 4) is 6.07 Å². The van der Waals surface area contributed by atoms with Gasteiger partial charge in [0.1, 0.15) is 36.2 Å². The van der Waals surface area contributed by atoms with Gasteiger partial charge in [0.2, 0.25) is 5.91 Å². The van der Waals surface area contributed by atoms with E-state index in [4.69, 9.17) is 10.00 Å². The minimum Gasteiger partial charge on any atom is -0.387 e. The van der Waals surface area contributed by atoms with Crippen molar-refractivity contribution in [1.29, 1.82) is 5.26 Å². The van der Waals surface area contributed by atoms with Crippen LogP contribution in [0.25, 0.3) is 0 Å². The number of amides is 2. The molecule has 2 amide bonds. The van der Waals surface area contributed by atoms with Gasteiger partial charge in [-0.2, -0.15) is 5.26 Å². The molecule has 1 aromatic carbocycles. The molecule has 1 aliphatic rings. The summed E-state index contributed by atoms with van der Waals surface area (Å²) in [6.07, 6.45) is -0.774. The second kappa shape index (κ2) is 14.0. The van der Waals surface area contributed by atoms with E-state index >= 15 is 0 Å². The molecular formula is C26H36FN3O6. The van der Waals surface area contributed by atoms with E-state index in [1.807, 2.05) is 13.8 Å². The van der Waals surface area contributed by atoms with Crippen LogP contribution in [-0.4, -0.2) is 76.1 Å². The van der Waals surface area contributed by atoms with Gasteiger partial charge in [0.05, 0.1) is 5.56 Å². The number of hydrogen-bond acceptors (Lipinski definition) is 7. The van der Waals surface area contributed by atoms with Gasteiger partial charge in [0.25, 0.3) is 5.91 Å². The van der Waals surface area contributed by atoms with E-state index in [0.29, 0.717) is 31.4 Å². The molecule has 1 heterocycles. The van der Waals surface area contributed by atoms with Crippen LogP contribution in [0.5, 0.6) is 0 Å². The van der Waals surface area contributed by atoms with Crippen molar-refractivity contribution in [2.24, 2.45) is 5.92 Å². The van der Waals surface area contributed by atoms with Crippen molar-refractivity contribution >= 4 is 11.8 Å². The number of likely N-dealkylation sites (tertiary alicyclic amines) is 1. The van der Waals surface area contributed by atoms with Gasteiger partial charge in [-0.15, -0.1) is 0 Å². The Morgan fingerprint density at radius 1 is 1.31 bits per heavy atom. The molecule has 0 spiro atoms. The summed E-state index contributed by atoms with van der Waals surface area (Å²) in [6, 6.07) is 5.00. The standard InChI is InChI=1S/C26H36FN3O6/c1-4-16(2)8-11-21(31)22(32)23(33)24(36-3)25(34)29-20-7-5-6-12-30(26(20)35)15-17-9-10-18(14-28)19(27)13-17/h8-11,13,16,20-24,31-33H,4-7,12,15H2,1-3H3,(H,29,34)/b11-8+/t16?,20-,21?,22?,23+,24+/m0/s1. The summed E-state index contributed by atoms with van der Waals surface area (Å²) in [5, 5.41) is 42.6. The predicted molar refractivity (Wildman–Crippen MR) is 130 cm³/mol. The van der Waals surface area contributed by atoms with Gasteiger partial charge in [-0.05, 0) is 42.9 Å². The van der Waals surface area contributed by atoms with Crippen LogP contribution in [0.2, 0.25) is 0 Å². The second-order valence-corrected chi connectivity index (χ2v) is 9.14. The lowest BCUT2D eigenvalue weighted by Crippen LogP contribution is -2.55. The SMILES string of the molecule is CCC(C)/C=C/C(O)C(O)[C@@H](O)[C@@H](OC)C(=O)N[C@H]1CCCCN(Cc2ccc(C#N)c(F)c2)C1=O. The van der Waals surface area contributed by atoms with Gasteiger partial charge in [-0.25, -0.2) is 4.39 Å². The minimum absolute atomic E-state index is 0.0853. The number of carbonyl (C=O) groups is 2. The van der Waals surface area contributed by atoms with Gasteiger partial charge in [-0.1, -0.05) is 38.5 Å². The number of ether oxygens (including phenoxy) is 1. The van der Waals surface area contributed by atoms with Gasteiger partial charge >= 0.3 is 0 Å². The van der Waals surface area contributed by atoms with Crippen LogP contribution < -0.4 is 5.32 Å². The highest BCUT2D eigenvalue weighted by atomic mass is 19.1. The zero-order valence-corrected chi connectivity index (χ0v) is 20.9. The third kappa shape index (κ3) is 7.83. The molecule has 1 aliphatic heterocycles. The summed E-state index contributed by atoms with van der Waals surface area (Å²) in [5.74, 6) is -1.67.